The fraction of sp³-hybridized carbons (Fsp3) is 0.930. The number of carbonyl (C=O) groups is 1. The van der Waals surface area contributed by atoms with Gasteiger partial charge in [0.15, 0.2) is 6.29 Å². The number of carbonyl (C=O) groups excluding carboxylic acids is 1. The predicted molar refractivity (Wildman–Crippen MR) is 215 cm³/mol. The standard InChI is InChI=1S/C43H83NO10/c1-4-6-8-10-12-13-14-15-16-17-18-19-21-24-29-36(47)41(51)44-34(33-53-42-40(50)39(49)38(48)37(32-45)54-42)35(46)28-25-23-27-31-43(3,52)30-26-22-20-11-9-7-5-2/h25,28,34-40,42,45-50,52H,4-24,26-27,29-33H2,1-3H3,(H,44,51). The maximum Gasteiger partial charge on any atom is 0.249 e. The van der Waals surface area contributed by atoms with Crippen molar-refractivity contribution in [3.8, 4) is 0 Å². The van der Waals surface area contributed by atoms with E-state index in [2.05, 4.69) is 19.2 Å². The molecule has 9 unspecified atom stereocenters. The molecule has 1 amide bonds. The van der Waals surface area contributed by atoms with E-state index in [9.17, 15) is 40.5 Å². The topological polar surface area (TPSA) is 189 Å². The first-order valence-electron chi connectivity index (χ1n) is 21.9. The molecule has 320 valence electrons. The molecule has 11 heteroatoms. The van der Waals surface area contributed by atoms with Gasteiger partial charge in [-0.3, -0.25) is 4.79 Å². The van der Waals surface area contributed by atoms with Crippen LogP contribution in [-0.2, 0) is 14.3 Å². The molecule has 0 saturated carbocycles. The Morgan fingerprint density at radius 3 is 1.72 bits per heavy atom. The summed E-state index contributed by atoms with van der Waals surface area (Å²) in [6.45, 7) is 5.36. The summed E-state index contributed by atoms with van der Waals surface area (Å²) in [7, 11) is 0. The molecule has 1 aliphatic heterocycles. The molecule has 8 N–H and O–H groups in total. The van der Waals surface area contributed by atoms with Gasteiger partial charge in [0.25, 0.3) is 0 Å². The number of nitrogens with one attached hydrogen (secondary N) is 1. The summed E-state index contributed by atoms with van der Waals surface area (Å²) in [5.74, 6) is -0.652. The molecule has 0 bridgehead atoms. The van der Waals surface area contributed by atoms with Gasteiger partial charge in [0.2, 0.25) is 5.91 Å². The van der Waals surface area contributed by atoms with Crippen molar-refractivity contribution in [2.24, 2.45) is 0 Å². The van der Waals surface area contributed by atoms with Crippen molar-refractivity contribution >= 4 is 5.91 Å². The van der Waals surface area contributed by atoms with Gasteiger partial charge < -0.3 is 50.5 Å². The van der Waals surface area contributed by atoms with Gasteiger partial charge in [0, 0.05) is 0 Å². The van der Waals surface area contributed by atoms with Gasteiger partial charge in [0.05, 0.1) is 31.0 Å². The van der Waals surface area contributed by atoms with Crippen LogP contribution in [0.25, 0.3) is 0 Å². The molecule has 1 rings (SSSR count). The van der Waals surface area contributed by atoms with E-state index in [1.165, 1.54) is 102 Å². The highest BCUT2D eigenvalue weighted by Crippen LogP contribution is 2.24. The first kappa shape index (κ1) is 50.9. The summed E-state index contributed by atoms with van der Waals surface area (Å²) in [6.07, 6.45) is 21.6. The second-order valence-corrected chi connectivity index (χ2v) is 16.2. The third-order valence-corrected chi connectivity index (χ3v) is 10.9. The van der Waals surface area contributed by atoms with E-state index < -0.39 is 67.1 Å². The smallest absolute Gasteiger partial charge is 0.249 e. The average molecular weight is 774 g/mol. The van der Waals surface area contributed by atoms with E-state index in [-0.39, 0.29) is 13.0 Å². The summed E-state index contributed by atoms with van der Waals surface area (Å²) >= 11 is 0. The van der Waals surface area contributed by atoms with Gasteiger partial charge in [-0.05, 0) is 39.0 Å². The predicted octanol–water partition coefficient (Wildman–Crippen LogP) is 6.50. The summed E-state index contributed by atoms with van der Waals surface area (Å²) in [5, 5.41) is 75.4. The van der Waals surface area contributed by atoms with Crippen LogP contribution in [0.3, 0.4) is 0 Å². The minimum Gasteiger partial charge on any atom is -0.394 e. The van der Waals surface area contributed by atoms with Gasteiger partial charge in [0.1, 0.15) is 30.5 Å². The highest BCUT2D eigenvalue weighted by molar-refractivity contribution is 5.80. The maximum atomic E-state index is 13.0. The molecular weight excluding hydrogens is 690 g/mol. The molecule has 9 atom stereocenters. The van der Waals surface area contributed by atoms with Crippen LogP contribution >= 0.6 is 0 Å². The third-order valence-electron chi connectivity index (χ3n) is 10.9. The third kappa shape index (κ3) is 23.8. The lowest BCUT2D eigenvalue weighted by Gasteiger charge is -2.40. The molecule has 0 aromatic carbocycles. The number of hydrogen-bond acceptors (Lipinski definition) is 10. The lowest BCUT2D eigenvalue weighted by atomic mass is 9.92. The summed E-state index contributed by atoms with van der Waals surface area (Å²) in [4.78, 5) is 13.0. The second kappa shape index (κ2) is 31.9. The van der Waals surface area contributed by atoms with Crippen molar-refractivity contribution in [2.45, 2.75) is 242 Å². The summed E-state index contributed by atoms with van der Waals surface area (Å²) in [6, 6.07) is -1.03. The minimum atomic E-state index is -1.63. The number of hydrogen-bond donors (Lipinski definition) is 8. The normalized spacial score (nSPS) is 23.3. The van der Waals surface area contributed by atoms with E-state index in [0.29, 0.717) is 25.7 Å². The highest BCUT2D eigenvalue weighted by atomic mass is 16.7. The monoisotopic (exact) mass is 774 g/mol. The van der Waals surface area contributed by atoms with Gasteiger partial charge in [-0.1, -0.05) is 161 Å². The molecule has 1 aliphatic rings. The maximum absolute atomic E-state index is 13.0. The SMILES string of the molecule is CCCCCCCCCCCCCCCCC(O)C(=O)NC(COC1OC(CO)C(O)C(O)C1O)C(O)C=CCCCC(C)(O)CCCCCCCCC. The van der Waals surface area contributed by atoms with Gasteiger partial charge >= 0.3 is 0 Å². The van der Waals surface area contributed by atoms with E-state index in [4.69, 9.17) is 9.47 Å². The van der Waals surface area contributed by atoms with E-state index in [1.807, 2.05) is 6.92 Å². The molecule has 0 aromatic heterocycles. The number of amides is 1. The molecule has 11 nitrogen and oxygen atoms in total. The zero-order valence-electron chi connectivity index (χ0n) is 34.4. The first-order chi connectivity index (χ1) is 26.0. The molecule has 0 radical (unpaired) electrons. The van der Waals surface area contributed by atoms with Crippen molar-refractivity contribution in [2.75, 3.05) is 13.2 Å². The summed E-state index contributed by atoms with van der Waals surface area (Å²) in [5.41, 5.74) is -0.755. The zero-order valence-corrected chi connectivity index (χ0v) is 34.4. The van der Waals surface area contributed by atoms with E-state index in [1.54, 1.807) is 6.08 Å². The van der Waals surface area contributed by atoms with E-state index >= 15 is 0 Å². The molecule has 1 saturated heterocycles. The van der Waals surface area contributed by atoms with Crippen molar-refractivity contribution in [3.05, 3.63) is 12.2 Å². The molecule has 0 aliphatic carbocycles. The van der Waals surface area contributed by atoms with Crippen LogP contribution in [0.5, 0.6) is 0 Å². The number of ether oxygens (including phenoxy) is 2. The van der Waals surface area contributed by atoms with Crippen molar-refractivity contribution < 1.29 is 50.0 Å². The molecular formula is C43H83NO10. The van der Waals surface area contributed by atoms with Gasteiger partial charge in [-0.25, -0.2) is 0 Å². The van der Waals surface area contributed by atoms with Crippen LogP contribution in [-0.4, -0.2) is 109 Å². The minimum absolute atomic E-state index is 0.287. The Balaban J connectivity index is 2.55. The Hall–Kier alpha value is -1.15. The van der Waals surface area contributed by atoms with Crippen LogP contribution < -0.4 is 5.32 Å². The number of aliphatic hydroxyl groups excluding tert-OH is 6. The first-order valence-corrected chi connectivity index (χ1v) is 21.9. The lowest BCUT2D eigenvalue weighted by Crippen LogP contribution is -2.60. The number of aliphatic hydroxyl groups is 7. The summed E-state index contributed by atoms with van der Waals surface area (Å²) < 4.78 is 11.1. The Kier molecular flexibility index (Phi) is 30.0. The Labute approximate surface area is 328 Å². The number of allylic oxidation sites excluding steroid dienone is 1. The Morgan fingerprint density at radius 2 is 1.20 bits per heavy atom. The average Bonchev–Trinajstić information content (AvgIpc) is 3.15. The second-order valence-electron chi connectivity index (χ2n) is 16.2. The van der Waals surface area contributed by atoms with Crippen LogP contribution in [0.4, 0.5) is 0 Å². The van der Waals surface area contributed by atoms with Crippen molar-refractivity contribution in [3.63, 3.8) is 0 Å². The van der Waals surface area contributed by atoms with Gasteiger partial charge in [-0.15, -0.1) is 0 Å². The lowest BCUT2D eigenvalue weighted by molar-refractivity contribution is -0.302. The molecule has 1 heterocycles. The number of rotatable bonds is 35. The fourth-order valence-corrected chi connectivity index (χ4v) is 7.13. The highest BCUT2D eigenvalue weighted by Gasteiger charge is 2.44. The zero-order chi connectivity index (χ0) is 40.0. The van der Waals surface area contributed by atoms with Crippen LogP contribution in [0.1, 0.15) is 188 Å². The molecule has 0 aromatic rings. The molecule has 1 fully saturated rings. The van der Waals surface area contributed by atoms with Crippen LogP contribution in [0.15, 0.2) is 12.2 Å². The van der Waals surface area contributed by atoms with Crippen molar-refractivity contribution in [1.82, 2.24) is 5.32 Å². The fourth-order valence-electron chi connectivity index (χ4n) is 7.13. The van der Waals surface area contributed by atoms with E-state index in [0.717, 1.165) is 38.5 Å². The van der Waals surface area contributed by atoms with Crippen LogP contribution in [0, 0.1) is 0 Å². The molecule has 0 spiro atoms. The Morgan fingerprint density at radius 1 is 0.722 bits per heavy atom. The quantitative estimate of drug-likeness (QED) is 0.0261. The number of unbranched alkanes of at least 4 members (excludes halogenated alkanes) is 20. The largest absolute Gasteiger partial charge is 0.394 e. The van der Waals surface area contributed by atoms with Gasteiger partial charge in [-0.2, -0.15) is 0 Å². The molecule has 54 heavy (non-hydrogen) atoms. The Bertz CT molecular complexity index is 919. The van der Waals surface area contributed by atoms with Crippen LogP contribution in [0.2, 0.25) is 0 Å². The van der Waals surface area contributed by atoms with Crippen molar-refractivity contribution in [1.29, 1.82) is 0 Å².